The van der Waals surface area contributed by atoms with E-state index < -0.39 is 21.9 Å². The van der Waals surface area contributed by atoms with Crippen LogP contribution < -0.4 is 4.72 Å². The second kappa shape index (κ2) is 6.52. The van der Waals surface area contributed by atoms with Crippen molar-refractivity contribution in [2.75, 3.05) is 0 Å². The lowest BCUT2D eigenvalue weighted by molar-refractivity contribution is -0.142. The molecule has 1 saturated carbocycles. The van der Waals surface area contributed by atoms with Gasteiger partial charge in [0.1, 0.15) is 4.90 Å². The summed E-state index contributed by atoms with van der Waals surface area (Å²) in [6.45, 7) is 0. The molecule has 2 rings (SSSR count). The van der Waals surface area contributed by atoms with Crippen LogP contribution in [0.2, 0.25) is 10.0 Å². The van der Waals surface area contributed by atoms with Crippen molar-refractivity contribution < 1.29 is 18.3 Å². The Balaban J connectivity index is 2.11. The summed E-state index contributed by atoms with van der Waals surface area (Å²) in [6.07, 6.45) is 1.88. The van der Waals surface area contributed by atoms with Gasteiger partial charge in [0.15, 0.2) is 0 Å². The zero-order valence-electron chi connectivity index (χ0n) is 11.1. The van der Waals surface area contributed by atoms with Gasteiger partial charge in [0.05, 0.1) is 16.0 Å². The number of carboxylic acid groups (broad SMARTS) is 1. The molecule has 5 nitrogen and oxygen atoms in total. The van der Waals surface area contributed by atoms with Crippen LogP contribution in [0.25, 0.3) is 0 Å². The Hall–Kier alpha value is -0.820. The largest absolute Gasteiger partial charge is 0.481 e. The Morgan fingerprint density at radius 3 is 2.14 bits per heavy atom. The summed E-state index contributed by atoms with van der Waals surface area (Å²) >= 11 is 11.8. The van der Waals surface area contributed by atoms with Crippen molar-refractivity contribution in [1.29, 1.82) is 0 Å². The molecule has 8 heteroatoms. The van der Waals surface area contributed by atoms with E-state index in [2.05, 4.69) is 4.72 Å². The molecular formula is C13H15Cl2NO4S. The van der Waals surface area contributed by atoms with Crippen LogP contribution in [0.1, 0.15) is 25.7 Å². The number of hydrogen-bond acceptors (Lipinski definition) is 3. The fraction of sp³-hybridized carbons (Fsp3) is 0.462. The average Bonchev–Trinajstić information content (AvgIpc) is 2.38. The summed E-state index contributed by atoms with van der Waals surface area (Å²) in [6, 6.07) is 4.20. The molecule has 0 bridgehead atoms. The first kappa shape index (κ1) is 16.5. The van der Waals surface area contributed by atoms with Gasteiger partial charge in [-0.05, 0) is 37.8 Å². The van der Waals surface area contributed by atoms with Crippen LogP contribution in [0.3, 0.4) is 0 Å². The third-order valence-electron chi connectivity index (χ3n) is 3.59. The van der Waals surface area contributed by atoms with Crippen LogP contribution in [0.4, 0.5) is 0 Å². The fourth-order valence-electron chi connectivity index (χ4n) is 2.48. The molecule has 0 heterocycles. The molecule has 0 aromatic heterocycles. The molecule has 0 radical (unpaired) electrons. The summed E-state index contributed by atoms with van der Waals surface area (Å²) in [5, 5.41) is 9.06. The van der Waals surface area contributed by atoms with Gasteiger partial charge in [0.2, 0.25) is 10.0 Å². The lowest BCUT2D eigenvalue weighted by Crippen LogP contribution is -2.38. The molecule has 0 unspecified atom stereocenters. The Bertz CT molecular complexity index is 619. The van der Waals surface area contributed by atoms with Gasteiger partial charge in [0.25, 0.3) is 0 Å². The van der Waals surface area contributed by atoms with Gasteiger partial charge in [-0.2, -0.15) is 0 Å². The Kier molecular flexibility index (Phi) is 5.14. The summed E-state index contributed by atoms with van der Waals surface area (Å²) in [5.74, 6) is -1.22. The first-order chi connectivity index (χ1) is 9.81. The van der Waals surface area contributed by atoms with Crippen LogP contribution in [-0.4, -0.2) is 25.5 Å². The maximum Gasteiger partial charge on any atom is 0.306 e. The molecule has 1 aromatic rings. The number of carbonyl (C=O) groups is 1. The van der Waals surface area contributed by atoms with Crippen molar-refractivity contribution in [1.82, 2.24) is 4.72 Å². The summed E-state index contributed by atoms with van der Waals surface area (Å²) in [5.41, 5.74) is 0. The maximum atomic E-state index is 12.4. The second-order valence-corrected chi connectivity index (χ2v) is 7.52. The molecule has 0 atom stereocenters. The fourth-order valence-corrected chi connectivity index (χ4v) is 4.92. The number of sulfonamides is 1. The van der Waals surface area contributed by atoms with Crippen molar-refractivity contribution in [3.8, 4) is 0 Å². The highest BCUT2D eigenvalue weighted by Gasteiger charge is 2.30. The van der Waals surface area contributed by atoms with Gasteiger partial charge in [-0.3, -0.25) is 4.79 Å². The van der Waals surface area contributed by atoms with E-state index in [1.165, 1.54) is 12.1 Å². The summed E-state index contributed by atoms with van der Waals surface area (Å²) < 4.78 is 27.3. The molecule has 0 saturated heterocycles. The number of aliphatic carboxylic acids is 1. The van der Waals surface area contributed by atoms with Crippen LogP contribution >= 0.6 is 23.2 Å². The Morgan fingerprint density at radius 1 is 1.14 bits per heavy atom. The standard InChI is InChI=1S/C13H15Cl2NO4S/c14-10-2-1-3-11(15)12(10)21(19,20)16-9-6-4-8(5-7-9)13(17)18/h1-3,8-9,16H,4-7H2,(H,17,18). The number of rotatable bonds is 4. The highest BCUT2D eigenvalue weighted by atomic mass is 35.5. The molecule has 0 aliphatic heterocycles. The van der Waals surface area contributed by atoms with Gasteiger partial charge in [-0.25, -0.2) is 13.1 Å². The third-order valence-corrected chi connectivity index (χ3v) is 6.06. The van der Waals surface area contributed by atoms with E-state index in [0.717, 1.165) is 0 Å². The van der Waals surface area contributed by atoms with Crippen LogP contribution in [0.5, 0.6) is 0 Å². The normalized spacial score (nSPS) is 23.0. The highest BCUT2D eigenvalue weighted by Crippen LogP contribution is 2.31. The molecule has 1 aliphatic carbocycles. The minimum atomic E-state index is -3.82. The molecule has 21 heavy (non-hydrogen) atoms. The minimum absolute atomic E-state index is 0.0641. The molecule has 1 fully saturated rings. The van der Waals surface area contributed by atoms with E-state index in [1.807, 2.05) is 0 Å². The van der Waals surface area contributed by atoms with Crippen LogP contribution in [0.15, 0.2) is 23.1 Å². The number of halogens is 2. The van der Waals surface area contributed by atoms with Crippen LogP contribution in [-0.2, 0) is 14.8 Å². The van der Waals surface area contributed by atoms with E-state index in [-0.39, 0.29) is 21.0 Å². The first-order valence-corrected chi connectivity index (χ1v) is 8.74. The van der Waals surface area contributed by atoms with Gasteiger partial charge in [-0.1, -0.05) is 29.3 Å². The number of carboxylic acids is 1. The molecule has 0 amide bonds. The predicted octanol–water partition coefficient (Wildman–Crippen LogP) is 2.92. The number of hydrogen-bond donors (Lipinski definition) is 2. The topological polar surface area (TPSA) is 83.5 Å². The maximum absolute atomic E-state index is 12.4. The van der Waals surface area contributed by atoms with Crippen molar-refractivity contribution in [3.05, 3.63) is 28.2 Å². The quantitative estimate of drug-likeness (QED) is 0.873. The minimum Gasteiger partial charge on any atom is -0.481 e. The smallest absolute Gasteiger partial charge is 0.306 e. The van der Waals surface area contributed by atoms with Crippen molar-refractivity contribution >= 4 is 39.2 Å². The van der Waals surface area contributed by atoms with Gasteiger partial charge in [0, 0.05) is 6.04 Å². The molecule has 1 aliphatic rings. The lowest BCUT2D eigenvalue weighted by Gasteiger charge is -2.26. The molecule has 116 valence electrons. The number of benzene rings is 1. The van der Waals surface area contributed by atoms with Crippen molar-refractivity contribution in [3.63, 3.8) is 0 Å². The van der Waals surface area contributed by atoms with E-state index >= 15 is 0 Å². The van der Waals surface area contributed by atoms with Gasteiger partial charge in [-0.15, -0.1) is 0 Å². The van der Waals surface area contributed by atoms with E-state index in [0.29, 0.717) is 25.7 Å². The summed E-state index contributed by atoms with van der Waals surface area (Å²) in [4.78, 5) is 10.8. The van der Waals surface area contributed by atoms with Gasteiger partial charge >= 0.3 is 5.97 Å². The zero-order valence-corrected chi connectivity index (χ0v) is 13.4. The highest BCUT2D eigenvalue weighted by molar-refractivity contribution is 7.89. The summed E-state index contributed by atoms with van der Waals surface area (Å²) in [7, 11) is -3.82. The Labute approximate surface area is 133 Å². The second-order valence-electron chi connectivity index (χ2n) is 5.06. The van der Waals surface area contributed by atoms with Gasteiger partial charge < -0.3 is 5.11 Å². The average molecular weight is 352 g/mol. The van der Waals surface area contributed by atoms with Crippen molar-refractivity contribution in [2.24, 2.45) is 5.92 Å². The van der Waals surface area contributed by atoms with E-state index in [1.54, 1.807) is 6.07 Å². The molecule has 2 N–H and O–H groups in total. The zero-order chi connectivity index (χ0) is 15.6. The van der Waals surface area contributed by atoms with E-state index in [9.17, 15) is 13.2 Å². The SMILES string of the molecule is O=C(O)C1CCC(NS(=O)(=O)c2c(Cl)cccc2Cl)CC1. The van der Waals surface area contributed by atoms with Crippen LogP contribution in [0, 0.1) is 5.92 Å². The lowest BCUT2D eigenvalue weighted by atomic mass is 9.87. The van der Waals surface area contributed by atoms with E-state index in [4.69, 9.17) is 28.3 Å². The predicted molar refractivity (Wildman–Crippen MR) is 80.2 cm³/mol. The van der Waals surface area contributed by atoms with Crippen molar-refractivity contribution in [2.45, 2.75) is 36.6 Å². The Morgan fingerprint density at radius 2 is 1.67 bits per heavy atom. The number of nitrogens with one attached hydrogen (secondary N) is 1. The molecule has 1 aromatic carbocycles. The molecule has 0 spiro atoms. The first-order valence-electron chi connectivity index (χ1n) is 6.50. The third kappa shape index (κ3) is 3.88. The monoisotopic (exact) mass is 351 g/mol. The molecular weight excluding hydrogens is 337 g/mol.